The van der Waals surface area contributed by atoms with Crippen LogP contribution in [0.4, 0.5) is 0 Å². The van der Waals surface area contributed by atoms with Gasteiger partial charge in [0.1, 0.15) is 0 Å². The summed E-state index contributed by atoms with van der Waals surface area (Å²) in [4.78, 5) is 0. The second kappa shape index (κ2) is 4.54. The quantitative estimate of drug-likeness (QED) is 0.630. The normalized spacial score (nSPS) is 10.2. The fourth-order valence-electron chi connectivity index (χ4n) is 0.864. The van der Waals surface area contributed by atoms with E-state index in [2.05, 4.69) is 43.7 Å². The van der Waals surface area contributed by atoms with Gasteiger partial charge in [-0.15, -0.1) is 0 Å². The lowest BCUT2D eigenvalue weighted by Gasteiger charge is -1.96. The van der Waals surface area contributed by atoms with E-state index in [1.54, 1.807) is 5.19 Å². The smallest absolute Gasteiger partial charge is 0.296 e. The summed E-state index contributed by atoms with van der Waals surface area (Å²) in [5, 5.41) is 1.57. The van der Waals surface area contributed by atoms with Crippen LogP contribution in [0.3, 0.4) is 0 Å². The van der Waals surface area contributed by atoms with Gasteiger partial charge in [-0.05, 0) is 0 Å². The summed E-state index contributed by atoms with van der Waals surface area (Å²) in [7, 11) is 0.0678. The predicted molar refractivity (Wildman–Crippen MR) is 54.8 cm³/mol. The highest BCUT2D eigenvalue weighted by atomic mass is 79.9. The van der Waals surface area contributed by atoms with E-state index >= 15 is 0 Å². The SMILES string of the molecule is C[SiH2]c1cc[c]([Mg][Br])cc1. The zero-order valence-electron chi connectivity index (χ0n) is 6.10. The molecule has 0 unspecified atom stereocenters. The van der Waals surface area contributed by atoms with E-state index in [1.807, 2.05) is 0 Å². The minimum Gasteiger partial charge on any atom is -0.296 e. The van der Waals surface area contributed by atoms with E-state index in [1.165, 1.54) is 3.69 Å². The summed E-state index contributed by atoms with van der Waals surface area (Å²) >= 11 is 3.45. The zero-order chi connectivity index (χ0) is 7.40. The molecule has 3 heteroatoms. The van der Waals surface area contributed by atoms with E-state index in [-0.39, 0.29) is 27.7 Å². The first-order valence-corrected chi connectivity index (χ1v) is 10.2. The second-order valence-electron chi connectivity index (χ2n) is 2.30. The first-order chi connectivity index (χ1) is 4.86. The third-order valence-corrected chi connectivity index (χ3v) is 5.60. The van der Waals surface area contributed by atoms with Gasteiger partial charge in [-0.3, -0.25) is 12.9 Å². The van der Waals surface area contributed by atoms with E-state index in [9.17, 15) is 0 Å². The number of halogens is 1. The fourth-order valence-corrected chi connectivity index (χ4v) is 3.11. The van der Waals surface area contributed by atoms with Crippen molar-refractivity contribution in [2.45, 2.75) is 6.55 Å². The van der Waals surface area contributed by atoms with Crippen molar-refractivity contribution in [2.75, 3.05) is 0 Å². The molecule has 0 saturated heterocycles. The van der Waals surface area contributed by atoms with Crippen LogP contribution in [0.15, 0.2) is 24.3 Å². The monoisotopic (exact) mass is 224 g/mol. The van der Waals surface area contributed by atoms with Crippen molar-refractivity contribution in [2.24, 2.45) is 0 Å². The number of hydrogen-bond acceptors (Lipinski definition) is 0. The minimum atomic E-state index is -0.104. The Bertz CT molecular complexity index is 174. The van der Waals surface area contributed by atoms with Crippen LogP contribution >= 0.6 is 12.9 Å². The highest BCUT2D eigenvalue weighted by molar-refractivity contribution is 9.23. The minimum absolute atomic E-state index is 0.0678. The second-order valence-corrected chi connectivity index (χ2v) is 6.59. The molecule has 0 nitrogen and oxygen atoms in total. The molecule has 0 N–H and O–H groups in total. The van der Waals surface area contributed by atoms with Crippen molar-refractivity contribution in [3.63, 3.8) is 0 Å². The van der Waals surface area contributed by atoms with Crippen LogP contribution in [0.25, 0.3) is 0 Å². The van der Waals surface area contributed by atoms with E-state index in [4.69, 9.17) is 0 Å². The third kappa shape index (κ3) is 2.38. The summed E-state index contributed by atoms with van der Waals surface area (Å²) in [5.41, 5.74) is 0. The summed E-state index contributed by atoms with van der Waals surface area (Å²) in [6, 6.07) is 9.06. The Morgan fingerprint density at radius 3 is 2.30 bits per heavy atom. The lowest BCUT2D eigenvalue weighted by molar-refractivity contribution is 1.83. The largest absolute Gasteiger partial charge is 0.506 e. The average molecular weight is 225 g/mol. The predicted octanol–water partition coefficient (Wildman–Crippen LogP) is 0.168. The molecule has 50 valence electrons. The third-order valence-electron chi connectivity index (χ3n) is 1.59. The first-order valence-electron chi connectivity index (χ1n) is 3.50. The zero-order valence-corrected chi connectivity index (χ0v) is 10.5. The lowest BCUT2D eigenvalue weighted by Crippen LogP contribution is -2.15. The van der Waals surface area contributed by atoms with E-state index in [0.717, 1.165) is 0 Å². The van der Waals surface area contributed by atoms with Gasteiger partial charge in [0.2, 0.25) is 0 Å². The van der Waals surface area contributed by atoms with Gasteiger partial charge < -0.3 is 0 Å². The van der Waals surface area contributed by atoms with Gasteiger partial charge in [-0.2, -0.15) is 3.69 Å². The number of rotatable bonds is 2. The molecule has 1 aromatic rings. The Kier molecular flexibility index (Phi) is 3.98. The molecule has 10 heavy (non-hydrogen) atoms. The molecular weight excluding hydrogens is 216 g/mol. The van der Waals surface area contributed by atoms with Crippen molar-refractivity contribution >= 4 is 49.5 Å². The molecule has 0 aromatic heterocycles. The van der Waals surface area contributed by atoms with Crippen molar-refractivity contribution in [3.05, 3.63) is 24.3 Å². The Morgan fingerprint density at radius 1 is 1.30 bits per heavy atom. The van der Waals surface area contributed by atoms with Gasteiger partial charge >= 0.3 is 18.2 Å². The maximum absolute atomic E-state index is 3.55. The molecule has 0 saturated carbocycles. The standard InChI is InChI=1S/C7H9Si.BrH.Mg/c1-8-7-5-3-2-4-6-7;;/h3-6H,8H2,1H3;1H;/q;;+1/p-1. The van der Waals surface area contributed by atoms with Crippen LogP contribution in [-0.2, 0) is 0 Å². The molecule has 1 rings (SSSR count). The van der Waals surface area contributed by atoms with E-state index in [0.29, 0.717) is 0 Å². The number of hydrogen-bond donors (Lipinski definition) is 0. The van der Waals surface area contributed by atoms with Crippen LogP contribution in [-0.4, -0.2) is 27.7 Å². The van der Waals surface area contributed by atoms with Crippen LogP contribution in [0.2, 0.25) is 6.55 Å². The maximum atomic E-state index is 3.55. The van der Waals surface area contributed by atoms with Crippen molar-refractivity contribution in [1.82, 2.24) is 0 Å². The molecule has 0 atom stereocenters. The molecule has 0 fully saturated rings. The summed E-state index contributed by atoms with van der Waals surface area (Å²) in [6.45, 7) is 2.32. The maximum Gasteiger partial charge on any atom is 0.506 e. The highest BCUT2D eigenvalue weighted by Gasteiger charge is 1.93. The van der Waals surface area contributed by atoms with Gasteiger partial charge in [0, 0.05) is 0 Å². The molecule has 1 aromatic carbocycles. The first kappa shape index (κ1) is 8.78. The van der Waals surface area contributed by atoms with Gasteiger partial charge in [-0.1, -0.05) is 36.0 Å². The van der Waals surface area contributed by atoms with Crippen molar-refractivity contribution in [3.8, 4) is 0 Å². The van der Waals surface area contributed by atoms with Gasteiger partial charge in [0.25, 0.3) is 0 Å². The summed E-state index contributed by atoms with van der Waals surface area (Å²) in [5.74, 6) is 0. The van der Waals surface area contributed by atoms with Gasteiger partial charge in [-0.25, -0.2) is 0 Å². The Balaban J connectivity index is 2.80. The molecule has 0 heterocycles. The van der Waals surface area contributed by atoms with Crippen LogP contribution in [0.1, 0.15) is 0 Å². The topological polar surface area (TPSA) is 0 Å². The number of benzene rings is 1. The highest BCUT2D eigenvalue weighted by Crippen LogP contribution is 1.82. The van der Waals surface area contributed by atoms with Gasteiger partial charge in [0.15, 0.2) is 0 Å². The molecule has 0 aliphatic rings. The van der Waals surface area contributed by atoms with Crippen molar-refractivity contribution < 1.29 is 0 Å². The Morgan fingerprint density at radius 2 is 1.90 bits per heavy atom. The Hall–Kier alpha value is 0.683. The fraction of sp³-hybridized carbons (Fsp3) is 0.143. The molecule has 0 aliphatic heterocycles. The molecule has 0 amide bonds. The van der Waals surface area contributed by atoms with Crippen LogP contribution in [0, 0.1) is 0 Å². The Labute approximate surface area is 79.8 Å². The summed E-state index contributed by atoms with van der Waals surface area (Å²) in [6.07, 6.45) is 0. The summed E-state index contributed by atoms with van der Waals surface area (Å²) < 4.78 is 1.51. The van der Waals surface area contributed by atoms with Gasteiger partial charge in [0.05, 0.1) is 9.52 Å². The molecular formula is C7H9BrMgSi. The van der Waals surface area contributed by atoms with E-state index < -0.39 is 0 Å². The molecule has 0 radical (unpaired) electrons. The molecule has 0 aliphatic carbocycles. The van der Waals surface area contributed by atoms with Crippen LogP contribution in [0.5, 0.6) is 0 Å². The molecule has 0 spiro atoms. The lowest BCUT2D eigenvalue weighted by atomic mass is 10.4. The average Bonchev–Trinajstić information content (AvgIpc) is 2.05. The van der Waals surface area contributed by atoms with Crippen LogP contribution < -0.4 is 8.88 Å². The van der Waals surface area contributed by atoms with Crippen molar-refractivity contribution in [1.29, 1.82) is 0 Å². The molecule has 0 bridgehead atoms.